The molecule has 1 heterocycles. The summed E-state index contributed by atoms with van der Waals surface area (Å²) < 4.78 is 0. The Balaban J connectivity index is 2.64. The highest BCUT2D eigenvalue weighted by atomic mass is 32.1. The zero-order valence-corrected chi connectivity index (χ0v) is 8.07. The van der Waals surface area contributed by atoms with E-state index in [0.717, 1.165) is 10.7 Å². The SMILES string of the molecule is C=C(C)C(=O)Cc1csc(C)n1. The molecule has 0 aliphatic heterocycles. The summed E-state index contributed by atoms with van der Waals surface area (Å²) in [6, 6.07) is 0. The Bertz CT molecular complexity index is 314. The van der Waals surface area contributed by atoms with Crippen LogP contribution < -0.4 is 0 Å². The van der Waals surface area contributed by atoms with Crippen LogP contribution in [-0.2, 0) is 11.2 Å². The molecule has 0 N–H and O–H groups in total. The molecule has 2 nitrogen and oxygen atoms in total. The number of carbonyl (C=O) groups is 1. The summed E-state index contributed by atoms with van der Waals surface area (Å²) in [7, 11) is 0. The number of hydrogen-bond donors (Lipinski definition) is 0. The van der Waals surface area contributed by atoms with E-state index >= 15 is 0 Å². The minimum atomic E-state index is 0.0697. The number of hydrogen-bond acceptors (Lipinski definition) is 3. The Hall–Kier alpha value is -0.960. The molecule has 0 saturated carbocycles. The average molecular weight is 181 g/mol. The fourth-order valence-corrected chi connectivity index (χ4v) is 1.42. The average Bonchev–Trinajstić information content (AvgIpc) is 2.35. The summed E-state index contributed by atoms with van der Waals surface area (Å²) in [5.74, 6) is 0.0697. The number of aryl methyl sites for hydroxylation is 1. The van der Waals surface area contributed by atoms with Crippen molar-refractivity contribution in [2.75, 3.05) is 0 Å². The molecule has 0 bridgehead atoms. The van der Waals surface area contributed by atoms with Gasteiger partial charge < -0.3 is 0 Å². The number of aromatic nitrogens is 1. The highest BCUT2D eigenvalue weighted by Gasteiger charge is 2.06. The van der Waals surface area contributed by atoms with Crippen LogP contribution in [0.3, 0.4) is 0 Å². The molecule has 1 aromatic heterocycles. The van der Waals surface area contributed by atoms with Crippen LogP contribution in [0.4, 0.5) is 0 Å². The molecule has 0 aromatic carbocycles. The summed E-state index contributed by atoms with van der Waals surface area (Å²) in [5, 5.41) is 2.91. The van der Waals surface area contributed by atoms with Gasteiger partial charge in [0.25, 0.3) is 0 Å². The molecule has 3 heteroatoms. The van der Waals surface area contributed by atoms with Crippen LogP contribution in [0, 0.1) is 6.92 Å². The van der Waals surface area contributed by atoms with Crippen LogP contribution >= 0.6 is 11.3 Å². The maximum atomic E-state index is 11.2. The van der Waals surface area contributed by atoms with Crippen molar-refractivity contribution < 1.29 is 4.79 Å². The molecule has 0 unspecified atom stereocenters. The number of ketones is 1. The van der Waals surface area contributed by atoms with E-state index in [0.29, 0.717) is 12.0 Å². The Labute approximate surface area is 76.0 Å². The van der Waals surface area contributed by atoms with Gasteiger partial charge in [-0.05, 0) is 19.4 Å². The van der Waals surface area contributed by atoms with Crippen LogP contribution in [0.25, 0.3) is 0 Å². The smallest absolute Gasteiger partial charge is 0.163 e. The largest absolute Gasteiger partial charge is 0.294 e. The molecular formula is C9H11NOS. The van der Waals surface area contributed by atoms with Crippen LogP contribution in [0.5, 0.6) is 0 Å². The number of thiazole rings is 1. The van der Waals surface area contributed by atoms with E-state index in [2.05, 4.69) is 11.6 Å². The van der Waals surface area contributed by atoms with Gasteiger partial charge >= 0.3 is 0 Å². The highest BCUT2D eigenvalue weighted by molar-refractivity contribution is 7.09. The van der Waals surface area contributed by atoms with Gasteiger partial charge in [-0.15, -0.1) is 11.3 Å². The van der Waals surface area contributed by atoms with Crippen LogP contribution in [0.2, 0.25) is 0 Å². The second-order valence-electron chi connectivity index (χ2n) is 2.74. The third kappa shape index (κ3) is 2.27. The van der Waals surface area contributed by atoms with E-state index in [1.54, 1.807) is 18.3 Å². The van der Waals surface area contributed by atoms with Crippen molar-refractivity contribution in [3.8, 4) is 0 Å². The Kier molecular flexibility index (Phi) is 2.76. The van der Waals surface area contributed by atoms with Crippen molar-refractivity contribution in [3.05, 3.63) is 28.2 Å². The number of carbonyl (C=O) groups excluding carboxylic acids is 1. The van der Waals surface area contributed by atoms with Crippen molar-refractivity contribution >= 4 is 17.1 Å². The third-order valence-electron chi connectivity index (χ3n) is 1.48. The fourth-order valence-electron chi connectivity index (χ4n) is 0.805. The molecule has 0 radical (unpaired) electrons. The van der Waals surface area contributed by atoms with E-state index in [9.17, 15) is 4.79 Å². The van der Waals surface area contributed by atoms with Gasteiger partial charge in [-0.25, -0.2) is 4.98 Å². The van der Waals surface area contributed by atoms with E-state index in [1.807, 2.05) is 12.3 Å². The number of Topliss-reactive ketones (excluding diaryl/α,β-unsaturated/α-hetero) is 1. The zero-order chi connectivity index (χ0) is 9.14. The van der Waals surface area contributed by atoms with Crippen molar-refractivity contribution in [2.45, 2.75) is 20.3 Å². The summed E-state index contributed by atoms with van der Waals surface area (Å²) in [4.78, 5) is 15.4. The van der Waals surface area contributed by atoms with E-state index in [1.165, 1.54) is 0 Å². The van der Waals surface area contributed by atoms with Gasteiger partial charge in [0.1, 0.15) is 0 Å². The molecule has 0 aliphatic carbocycles. The molecule has 0 fully saturated rings. The van der Waals surface area contributed by atoms with Crippen molar-refractivity contribution in [1.82, 2.24) is 4.98 Å². The zero-order valence-electron chi connectivity index (χ0n) is 7.26. The predicted molar refractivity (Wildman–Crippen MR) is 50.4 cm³/mol. The van der Waals surface area contributed by atoms with E-state index in [4.69, 9.17) is 0 Å². The quantitative estimate of drug-likeness (QED) is 0.669. The maximum Gasteiger partial charge on any atom is 0.163 e. The molecule has 64 valence electrons. The molecule has 0 spiro atoms. The van der Waals surface area contributed by atoms with Crippen molar-refractivity contribution in [1.29, 1.82) is 0 Å². The van der Waals surface area contributed by atoms with Crippen molar-refractivity contribution in [2.24, 2.45) is 0 Å². The molecule has 1 aromatic rings. The van der Waals surface area contributed by atoms with Gasteiger partial charge in [0.15, 0.2) is 5.78 Å². The molecule has 0 amide bonds. The molecule has 0 aliphatic rings. The van der Waals surface area contributed by atoms with Crippen LogP contribution in [0.15, 0.2) is 17.5 Å². The normalized spacial score (nSPS) is 9.83. The van der Waals surface area contributed by atoms with Gasteiger partial charge in [-0.2, -0.15) is 0 Å². The maximum absolute atomic E-state index is 11.2. The number of allylic oxidation sites excluding steroid dienone is 1. The van der Waals surface area contributed by atoms with E-state index in [-0.39, 0.29) is 5.78 Å². The summed E-state index contributed by atoms with van der Waals surface area (Å²) in [6.07, 6.45) is 0.389. The first-order valence-electron chi connectivity index (χ1n) is 3.69. The second-order valence-corrected chi connectivity index (χ2v) is 3.80. The standard InChI is InChI=1S/C9H11NOS/c1-6(2)9(11)4-8-5-12-7(3)10-8/h5H,1,4H2,2-3H3. The molecule has 1 rings (SSSR count). The lowest BCUT2D eigenvalue weighted by Crippen LogP contribution is -2.03. The van der Waals surface area contributed by atoms with E-state index < -0.39 is 0 Å². The van der Waals surface area contributed by atoms with Crippen molar-refractivity contribution in [3.63, 3.8) is 0 Å². The Morgan fingerprint density at radius 3 is 2.83 bits per heavy atom. The first-order chi connectivity index (χ1) is 5.59. The van der Waals surface area contributed by atoms with Gasteiger partial charge in [0.05, 0.1) is 17.1 Å². The van der Waals surface area contributed by atoms with Gasteiger partial charge in [0.2, 0.25) is 0 Å². The molecule has 0 saturated heterocycles. The van der Waals surface area contributed by atoms with Crippen LogP contribution in [0.1, 0.15) is 17.6 Å². The number of rotatable bonds is 3. The van der Waals surface area contributed by atoms with Gasteiger partial charge in [0, 0.05) is 5.38 Å². The fraction of sp³-hybridized carbons (Fsp3) is 0.333. The lowest BCUT2D eigenvalue weighted by molar-refractivity contribution is -0.114. The van der Waals surface area contributed by atoms with Crippen LogP contribution in [-0.4, -0.2) is 10.8 Å². The third-order valence-corrected chi connectivity index (χ3v) is 2.31. The minimum Gasteiger partial charge on any atom is -0.294 e. The first kappa shape index (κ1) is 9.13. The molecule has 0 atom stereocenters. The predicted octanol–water partition coefficient (Wildman–Crippen LogP) is 2.14. The monoisotopic (exact) mass is 181 g/mol. The number of nitrogens with zero attached hydrogens (tertiary/aromatic N) is 1. The molecule has 12 heavy (non-hydrogen) atoms. The highest BCUT2D eigenvalue weighted by Crippen LogP contribution is 2.09. The summed E-state index contributed by atoms with van der Waals surface area (Å²) in [6.45, 7) is 7.24. The summed E-state index contributed by atoms with van der Waals surface area (Å²) in [5.41, 5.74) is 1.45. The first-order valence-corrected chi connectivity index (χ1v) is 4.57. The van der Waals surface area contributed by atoms with Gasteiger partial charge in [-0.3, -0.25) is 4.79 Å². The van der Waals surface area contributed by atoms with Gasteiger partial charge in [-0.1, -0.05) is 6.58 Å². The Morgan fingerprint density at radius 1 is 1.75 bits per heavy atom. The summed E-state index contributed by atoms with van der Waals surface area (Å²) >= 11 is 1.57. The topological polar surface area (TPSA) is 30.0 Å². The molecular weight excluding hydrogens is 170 g/mol. The lowest BCUT2D eigenvalue weighted by Gasteiger charge is -1.94. The minimum absolute atomic E-state index is 0.0697. The lowest BCUT2D eigenvalue weighted by atomic mass is 10.1. The second kappa shape index (κ2) is 3.63. The Morgan fingerprint density at radius 2 is 2.42 bits per heavy atom.